The number of hydrogen-bond acceptors (Lipinski definition) is 4. The Labute approximate surface area is 162 Å². The molecular formula is C22H20N6. The number of hydrogen-bond donors (Lipinski definition) is 1. The van der Waals surface area contributed by atoms with Crippen LogP contribution in [0, 0.1) is 0 Å². The Bertz CT molecular complexity index is 1190. The summed E-state index contributed by atoms with van der Waals surface area (Å²) in [6.07, 6.45) is 4.77. The van der Waals surface area contributed by atoms with E-state index < -0.39 is 0 Å². The first-order valence-electron chi connectivity index (χ1n) is 9.58. The summed E-state index contributed by atoms with van der Waals surface area (Å²) in [5.74, 6) is 2.40. The molecule has 6 heteroatoms. The van der Waals surface area contributed by atoms with Crippen molar-refractivity contribution in [2.24, 2.45) is 0 Å². The largest absolute Gasteiger partial charge is 0.274 e. The van der Waals surface area contributed by atoms with Crippen LogP contribution >= 0.6 is 0 Å². The number of nitrogens with one attached hydrogen (secondary N) is 1. The van der Waals surface area contributed by atoms with Gasteiger partial charge in [-0.05, 0) is 17.5 Å². The quantitative estimate of drug-likeness (QED) is 0.491. The molecule has 0 saturated heterocycles. The van der Waals surface area contributed by atoms with Gasteiger partial charge < -0.3 is 0 Å². The van der Waals surface area contributed by atoms with Crippen molar-refractivity contribution in [1.82, 2.24) is 29.8 Å². The van der Waals surface area contributed by atoms with Gasteiger partial charge in [-0.25, -0.2) is 14.5 Å². The van der Waals surface area contributed by atoms with Crippen LogP contribution < -0.4 is 0 Å². The number of nitrogens with zero attached hydrogens (tertiary/aromatic N) is 5. The number of fused-ring (bicyclic) bond motifs is 3. The zero-order valence-corrected chi connectivity index (χ0v) is 15.6. The van der Waals surface area contributed by atoms with Gasteiger partial charge in [0.2, 0.25) is 0 Å². The predicted octanol–water partition coefficient (Wildman–Crippen LogP) is 4.63. The summed E-state index contributed by atoms with van der Waals surface area (Å²) in [7, 11) is 0. The lowest BCUT2D eigenvalue weighted by atomic mass is 10.0. The molecule has 0 atom stereocenters. The van der Waals surface area contributed by atoms with E-state index in [1.165, 1.54) is 11.1 Å². The van der Waals surface area contributed by atoms with Crippen molar-refractivity contribution in [3.63, 3.8) is 0 Å². The fourth-order valence-electron chi connectivity index (χ4n) is 3.46. The molecule has 138 valence electrons. The van der Waals surface area contributed by atoms with Gasteiger partial charge in [0, 0.05) is 12.0 Å². The Morgan fingerprint density at radius 1 is 0.893 bits per heavy atom. The highest BCUT2D eigenvalue weighted by atomic mass is 15.3. The van der Waals surface area contributed by atoms with Crippen molar-refractivity contribution in [2.45, 2.75) is 26.2 Å². The van der Waals surface area contributed by atoms with Crippen LogP contribution in [0.15, 0.2) is 60.8 Å². The standard InChI is InChI=1S/C22H20N6/c1-2-3-9-19-24-21-18(14-23-26-21)22-25-20(27-28(19)22)17-12-10-16(11-13-17)15-7-5-4-6-8-15/h4-8,10-14H,2-3,9H2,1H3,(H,25,27). The minimum atomic E-state index is 0.656. The zero-order valence-electron chi connectivity index (χ0n) is 15.6. The molecule has 2 aromatic carbocycles. The van der Waals surface area contributed by atoms with Crippen molar-refractivity contribution in [3.8, 4) is 33.9 Å². The van der Waals surface area contributed by atoms with Crippen LogP contribution in [0.1, 0.15) is 25.6 Å². The van der Waals surface area contributed by atoms with Crippen LogP contribution in [0.3, 0.4) is 0 Å². The molecule has 0 amide bonds. The molecule has 3 heterocycles. The molecule has 0 spiro atoms. The lowest BCUT2D eigenvalue weighted by Gasteiger charge is -2.06. The minimum absolute atomic E-state index is 0.656. The highest BCUT2D eigenvalue weighted by Crippen LogP contribution is 2.27. The topological polar surface area (TPSA) is 71.8 Å². The normalized spacial score (nSPS) is 11.5. The van der Waals surface area contributed by atoms with E-state index in [0.717, 1.165) is 47.7 Å². The van der Waals surface area contributed by atoms with Crippen LogP contribution in [-0.4, -0.2) is 29.8 Å². The lowest BCUT2D eigenvalue weighted by molar-refractivity contribution is 0.713. The summed E-state index contributed by atoms with van der Waals surface area (Å²) in [4.78, 5) is 9.52. The molecular weight excluding hydrogens is 348 g/mol. The average molecular weight is 368 g/mol. The second-order valence-electron chi connectivity index (χ2n) is 6.89. The highest BCUT2D eigenvalue weighted by molar-refractivity contribution is 5.75. The molecule has 6 nitrogen and oxygen atoms in total. The first-order chi connectivity index (χ1) is 13.8. The molecule has 28 heavy (non-hydrogen) atoms. The van der Waals surface area contributed by atoms with Crippen LogP contribution in [0.5, 0.6) is 0 Å². The van der Waals surface area contributed by atoms with Crippen molar-refractivity contribution >= 4 is 5.65 Å². The number of rotatable bonds is 5. The molecule has 0 saturated carbocycles. The molecule has 0 unspecified atom stereocenters. The number of benzene rings is 2. The molecule has 2 aliphatic heterocycles. The van der Waals surface area contributed by atoms with E-state index in [-0.39, 0.29) is 0 Å². The van der Waals surface area contributed by atoms with Crippen molar-refractivity contribution in [2.75, 3.05) is 0 Å². The Hall–Kier alpha value is -3.54. The van der Waals surface area contributed by atoms with E-state index in [9.17, 15) is 0 Å². The smallest absolute Gasteiger partial charge is 0.188 e. The van der Waals surface area contributed by atoms with Crippen molar-refractivity contribution in [1.29, 1.82) is 0 Å². The van der Waals surface area contributed by atoms with Crippen LogP contribution in [0.4, 0.5) is 0 Å². The van der Waals surface area contributed by atoms with Gasteiger partial charge in [0.25, 0.3) is 0 Å². The predicted molar refractivity (Wildman–Crippen MR) is 109 cm³/mol. The molecule has 0 aliphatic carbocycles. The van der Waals surface area contributed by atoms with Crippen LogP contribution in [0.25, 0.3) is 39.5 Å². The maximum atomic E-state index is 4.84. The minimum Gasteiger partial charge on any atom is -0.274 e. The maximum Gasteiger partial charge on any atom is 0.188 e. The van der Waals surface area contributed by atoms with E-state index in [2.05, 4.69) is 75.7 Å². The van der Waals surface area contributed by atoms with Gasteiger partial charge in [0.15, 0.2) is 17.3 Å². The molecule has 1 aromatic heterocycles. The average Bonchev–Trinajstić information content (AvgIpc) is 3.39. The summed E-state index contributed by atoms with van der Waals surface area (Å²) in [6.45, 7) is 2.18. The van der Waals surface area contributed by atoms with E-state index in [1.54, 1.807) is 6.20 Å². The Morgan fingerprint density at radius 3 is 2.43 bits per heavy atom. The van der Waals surface area contributed by atoms with E-state index in [1.807, 2.05) is 10.6 Å². The van der Waals surface area contributed by atoms with E-state index in [4.69, 9.17) is 4.98 Å². The SMILES string of the molecule is CCCCc1nc2nncc-2c2nc(-c3ccc(-c4ccccc4)cc3)[nH]n12. The molecule has 0 radical (unpaired) electrons. The number of aryl methyl sites for hydroxylation is 1. The third kappa shape index (κ3) is 2.83. The Morgan fingerprint density at radius 2 is 1.64 bits per heavy atom. The second-order valence-corrected chi connectivity index (χ2v) is 6.89. The van der Waals surface area contributed by atoms with Gasteiger partial charge >= 0.3 is 0 Å². The number of aromatic amines is 1. The fourth-order valence-corrected chi connectivity index (χ4v) is 3.46. The van der Waals surface area contributed by atoms with Gasteiger partial charge in [0.05, 0.1) is 11.8 Å². The van der Waals surface area contributed by atoms with E-state index >= 15 is 0 Å². The zero-order chi connectivity index (χ0) is 18.9. The molecule has 2 aliphatic rings. The maximum absolute atomic E-state index is 4.84. The molecule has 3 aromatic rings. The van der Waals surface area contributed by atoms with Gasteiger partial charge in [-0.1, -0.05) is 67.9 Å². The van der Waals surface area contributed by atoms with Crippen molar-refractivity contribution < 1.29 is 0 Å². The molecule has 1 N–H and O–H groups in total. The number of aromatic nitrogens is 6. The summed E-state index contributed by atoms with van der Waals surface area (Å²) in [6, 6.07) is 18.8. The molecule has 5 rings (SSSR count). The fraction of sp³-hybridized carbons (Fsp3) is 0.182. The van der Waals surface area contributed by atoms with Crippen LogP contribution in [0.2, 0.25) is 0 Å². The van der Waals surface area contributed by atoms with Crippen LogP contribution in [-0.2, 0) is 6.42 Å². The monoisotopic (exact) mass is 368 g/mol. The molecule has 0 fully saturated rings. The summed E-state index contributed by atoms with van der Waals surface area (Å²) in [5, 5.41) is 11.6. The third-order valence-electron chi connectivity index (χ3n) is 4.98. The van der Waals surface area contributed by atoms with Gasteiger partial charge in [-0.2, -0.15) is 5.10 Å². The summed E-state index contributed by atoms with van der Waals surface area (Å²) in [5.41, 5.74) is 5.11. The van der Waals surface area contributed by atoms with E-state index in [0.29, 0.717) is 5.82 Å². The van der Waals surface area contributed by atoms with Gasteiger partial charge in [0.1, 0.15) is 5.82 Å². The summed E-state index contributed by atoms with van der Waals surface area (Å²) < 4.78 is 1.97. The summed E-state index contributed by atoms with van der Waals surface area (Å²) >= 11 is 0. The molecule has 0 bridgehead atoms. The van der Waals surface area contributed by atoms with Gasteiger partial charge in [-0.3, -0.25) is 5.10 Å². The van der Waals surface area contributed by atoms with Crippen molar-refractivity contribution in [3.05, 3.63) is 66.6 Å². The third-order valence-corrected chi connectivity index (χ3v) is 4.98. The number of H-pyrrole nitrogens is 1. The Balaban J connectivity index is 1.58. The first-order valence-corrected chi connectivity index (χ1v) is 9.58. The van der Waals surface area contributed by atoms with Gasteiger partial charge in [-0.15, -0.1) is 5.10 Å². The second kappa shape index (κ2) is 6.88. The lowest BCUT2D eigenvalue weighted by Crippen LogP contribution is -2.05. The Kier molecular flexibility index (Phi) is 4.09. The number of unbranched alkanes of at least 4 members (excludes halogenated alkanes) is 1. The first kappa shape index (κ1) is 16.6. The highest BCUT2D eigenvalue weighted by Gasteiger charge is 2.19.